The highest BCUT2D eigenvalue weighted by Gasteiger charge is 2.05. The van der Waals surface area contributed by atoms with Gasteiger partial charge in [-0.3, -0.25) is 9.97 Å². The van der Waals surface area contributed by atoms with E-state index >= 15 is 0 Å². The van der Waals surface area contributed by atoms with Crippen LogP contribution in [0.25, 0.3) is 55.5 Å². The van der Waals surface area contributed by atoms with Gasteiger partial charge in [-0.25, -0.2) is 0 Å². The molecule has 0 N–H and O–H groups in total. The molecule has 0 bridgehead atoms. The van der Waals surface area contributed by atoms with Crippen molar-refractivity contribution < 1.29 is 0 Å². The monoisotopic (exact) mass is 514 g/mol. The van der Waals surface area contributed by atoms with Gasteiger partial charge in [-0.2, -0.15) is 0 Å². The second-order valence-corrected chi connectivity index (χ2v) is 10.9. The summed E-state index contributed by atoms with van der Waals surface area (Å²) in [6.07, 6.45) is 10.2. The first-order valence-electron chi connectivity index (χ1n) is 13.9. The number of rotatable bonds is 5. The Kier molecular flexibility index (Phi) is 6.09. The number of benzene rings is 5. The summed E-state index contributed by atoms with van der Waals surface area (Å²) < 4.78 is 0. The van der Waals surface area contributed by atoms with Crippen LogP contribution < -0.4 is 0 Å². The normalized spacial score (nSPS) is 11.8. The smallest absolute Gasteiger partial charge is 0.0708 e. The average Bonchev–Trinajstić information content (AvgIpc) is 2.98. The van der Waals surface area contributed by atoms with E-state index in [2.05, 4.69) is 133 Å². The van der Waals surface area contributed by atoms with Gasteiger partial charge in [0.1, 0.15) is 0 Å². The Morgan fingerprint density at radius 2 is 0.975 bits per heavy atom. The number of aromatic nitrogens is 2. The fourth-order valence-corrected chi connectivity index (χ4v) is 5.66. The molecule has 0 saturated carbocycles. The average molecular weight is 515 g/mol. The van der Waals surface area contributed by atoms with Crippen LogP contribution in [0.1, 0.15) is 33.4 Å². The lowest BCUT2D eigenvalue weighted by Crippen LogP contribution is -1.93. The van der Waals surface area contributed by atoms with E-state index in [1.54, 1.807) is 0 Å². The van der Waals surface area contributed by atoms with Gasteiger partial charge in [-0.1, -0.05) is 78.9 Å². The van der Waals surface area contributed by atoms with Gasteiger partial charge >= 0.3 is 0 Å². The lowest BCUT2D eigenvalue weighted by atomic mass is 9.96. The van der Waals surface area contributed by atoms with E-state index in [-0.39, 0.29) is 0 Å². The molecule has 2 nitrogen and oxygen atoms in total. The molecule has 2 heteroatoms. The standard InChI is InChI=1S/C38H30N2/c1-25-17-33-11-7-29(21-37(33)39-23-25)5-3-27-9-15-35-31(19-27)13-14-32-20-28(10-16-36(32)35)4-6-30-8-12-34-18-26(2)24-40-38(34)22-30/h3,5,7-24H,4,6H2,1-2H3/b5-3+. The minimum absolute atomic E-state index is 1.01. The quantitative estimate of drug-likeness (QED) is 0.169. The first-order valence-corrected chi connectivity index (χ1v) is 13.9. The zero-order chi connectivity index (χ0) is 27.1. The van der Waals surface area contributed by atoms with Gasteiger partial charge < -0.3 is 0 Å². The highest BCUT2D eigenvalue weighted by atomic mass is 14.7. The van der Waals surface area contributed by atoms with Crippen LogP contribution >= 0.6 is 0 Å². The van der Waals surface area contributed by atoms with Crippen LogP contribution in [-0.2, 0) is 12.8 Å². The zero-order valence-electron chi connectivity index (χ0n) is 22.9. The topological polar surface area (TPSA) is 25.8 Å². The summed E-state index contributed by atoms with van der Waals surface area (Å²) >= 11 is 0. The molecule has 0 aliphatic heterocycles. The fraction of sp³-hybridized carbons (Fsp3) is 0.105. The van der Waals surface area contributed by atoms with Crippen molar-refractivity contribution >= 4 is 55.5 Å². The highest BCUT2D eigenvalue weighted by molar-refractivity contribution is 6.08. The predicted octanol–water partition coefficient (Wildman–Crippen LogP) is 9.66. The molecule has 0 saturated heterocycles. The summed E-state index contributed by atoms with van der Waals surface area (Å²) in [5.74, 6) is 0. The molecule has 7 rings (SSSR count). The highest BCUT2D eigenvalue weighted by Crippen LogP contribution is 2.28. The summed E-state index contributed by atoms with van der Waals surface area (Å²) in [4.78, 5) is 9.18. The van der Waals surface area contributed by atoms with Crippen molar-refractivity contribution in [2.24, 2.45) is 0 Å². The number of aryl methyl sites for hydroxylation is 4. The Morgan fingerprint density at radius 3 is 1.70 bits per heavy atom. The SMILES string of the molecule is Cc1cnc2cc(/C=C/c3ccc4c(ccc5cc(CCc6ccc7cc(C)cnc7c6)ccc54)c3)ccc2c1. The lowest BCUT2D eigenvalue weighted by Gasteiger charge is -2.09. The molecular weight excluding hydrogens is 484 g/mol. The summed E-state index contributed by atoms with van der Waals surface area (Å²) in [5, 5.41) is 7.54. The van der Waals surface area contributed by atoms with E-state index in [0.717, 1.165) is 29.4 Å². The molecule has 0 amide bonds. The second-order valence-electron chi connectivity index (χ2n) is 10.9. The van der Waals surface area contributed by atoms with Crippen molar-refractivity contribution in [3.63, 3.8) is 0 Å². The molecule has 0 atom stereocenters. The largest absolute Gasteiger partial charge is 0.256 e. The minimum atomic E-state index is 1.01. The van der Waals surface area contributed by atoms with Crippen molar-refractivity contribution in [1.29, 1.82) is 0 Å². The van der Waals surface area contributed by atoms with Gasteiger partial charge in [-0.15, -0.1) is 0 Å². The van der Waals surface area contributed by atoms with Crippen LogP contribution in [0.4, 0.5) is 0 Å². The molecule has 5 aromatic carbocycles. The van der Waals surface area contributed by atoms with E-state index in [1.807, 2.05) is 12.4 Å². The molecule has 2 aromatic heterocycles. The second kappa shape index (κ2) is 10.1. The maximum absolute atomic E-state index is 4.61. The molecule has 0 fully saturated rings. The fourth-order valence-electron chi connectivity index (χ4n) is 5.66. The van der Waals surface area contributed by atoms with Gasteiger partial charge in [0.15, 0.2) is 0 Å². The molecule has 2 heterocycles. The van der Waals surface area contributed by atoms with Crippen LogP contribution in [-0.4, -0.2) is 9.97 Å². The van der Waals surface area contributed by atoms with Crippen LogP contribution in [0, 0.1) is 13.8 Å². The van der Waals surface area contributed by atoms with E-state index in [0.29, 0.717) is 0 Å². The van der Waals surface area contributed by atoms with Crippen molar-refractivity contribution in [1.82, 2.24) is 9.97 Å². The summed E-state index contributed by atoms with van der Waals surface area (Å²) in [6.45, 7) is 4.17. The van der Waals surface area contributed by atoms with E-state index < -0.39 is 0 Å². The maximum atomic E-state index is 4.61. The third kappa shape index (κ3) is 4.85. The third-order valence-electron chi connectivity index (χ3n) is 7.83. The van der Waals surface area contributed by atoms with Crippen LogP contribution in [0.15, 0.2) is 109 Å². The van der Waals surface area contributed by atoms with E-state index in [9.17, 15) is 0 Å². The Balaban J connectivity index is 1.10. The van der Waals surface area contributed by atoms with Crippen LogP contribution in [0.2, 0.25) is 0 Å². The zero-order valence-corrected chi connectivity index (χ0v) is 22.9. The van der Waals surface area contributed by atoms with Gasteiger partial charge in [0.05, 0.1) is 11.0 Å². The third-order valence-corrected chi connectivity index (χ3v) is 7.83. The molecule has 0 radical (unpaired) electrons. The van der Waals surface area contributed by atoms with Gasteiger partial charge in [0.2, 0.25) is 0 Å². The number of fused-ring (bicyclic) bond motifs is 5. The van der Waals surface area contributed by atoms with Crippen LogP contribution in [0.3, 0.4) is 0 Å². The van der Waals surface area contributed by atoms with Gasteiger partial charge in [-0.05, 0) is 112 Å². The summed E-state index contributed by atoms with van der Waals surface area (Å²) in [6, 6.07) is 35.7. The van der Waals surface area contributed by atoms with Crippen molar-refractivity contribution in [2.75, 3.05) is 0 Å². The lowest BCUT2D eigenvalue weighted by molar-refractivity contribution is 0.964. The maximum Gasteiger partial charge on any atom is 0.0708 e. The molecule has 0 unspecified atom stereocenters. The van der Waals surface area contributed by atoms with Crippen LogP contribution in [0.5, 0.6) is 0 Å². The number of hydrogen-bond acceptors (Lipinski definition) is 2. The Hall–Kier alpha value is -4.82. The number of pyridine rings is 2. The summed E-state index contributed by atoms with van der Waals surface area (Å²) in [5.41, 5.74) is 9.54. The Labute approximate surface area is 234 Å². The van der Waals surface area contributed by atoms with Crippen molar-refractivity contribution in [2.45, 2.75) is 26.7 Å². The molecule has 192 valence electrons. The minimum Gasteiger partial charge on any atom is -0.256 e. The van der Waals surface area contributed by atoms with Crippen molar-refractivity contribution in [3.05, 3.63) is 143 Å². The molecule has 0 aliphatic carbocycles. The summed E-state index contributed by atoms with van der Waals surface area (Å²) in [7, 11) is 0. The van der Waals surface area contributed by atoms with Gasteiger partial charge in [0, 0.05) is 23.2 Å². The Morgan fingerprint density at radius 1 is 0.475 bits per heavy atom. The van der Waals surface area contributed by atoms with Crippen molar-refractivity contribution in [3.8, 4) is 0 Å². The molecule has 40 heavy (non-hydrogen) atoms. The molecule has 0 spiro atoms. The molecule has 7 aromatic rings. The molecular formula is C38H30N2. The number of hydrogen-bond donors (Lipinski definition) is 0. The first kappa shape index (κ1) is 24.2. The van der Waals surface area contributed by atoms with E-state index in [1.165, 1.54) is 60.1 Å². The Bertz CT molecular complexity index is 2080. The molecule has 0 aliphatic rings. The van der Waals surface area contributed by atoms with E-state index in [4.69, 9.17) is 0 Å². The predicted molar refractivity (Wildman–Crippen MR) is 171 cm³/mol. The first-order chi connectivity index (χ1) is 19.6. The van der Waals surface area contributed by atoms with Gasteiger partial charge in [0.25, 0.3) is 0 Å². The number of nitrogens with zero attached hydrogens (tertiary/aromatic N) is 2.